The number of carbonyl (C=O) groups excluding carboxylic acids is 1. The fraction of sp³-hybridized carbons (Fsp3) is 0.364. The zero-order valence-corrected chi connectivity index (χ0v) is 17.1. The monoisotopic (exact) mass is 401 g/mol. The number of benzene rings is 2. The lowest BCUT2D eigenvalue weighted by Crippen LogP contribution is -2.40. The lowest BCUT2D eigenvalue weighted by Gasteiger charge is -2.22. The van der Waals surface area contributed by atoms with E-state index in [1.165, 1.54) is 0 Å². The second kappa shape index (κ2) is 9.82. The fourth-order valence-electron chi connectivity index (χ4n) is 2.46. The van der Waals surface area contributed by atoms with E-state index < -0.39 is 17.7 Å². The van der Waals surface area contributed by atoms with Crippen LogP contribution in [0.3, 0.4) is 0 Å². The molecule has 0 aliphatic carbocycles. The lowest BCUT2D eigenvalue weighted by atomic mass is 10.1. The van der Waals surface area contributed by atoms with Gasteiger partial charge in [0.15, 0.2) is 0 Å². The van der Waals surface area contributed by atoms with Crippen LogP contribution in [0, 0.1) is 0 Å². The molecule has 0 bridgehead atoms. The van der Waals surface area contributed by atoms with Gasteiger partial charge in [0.2, 0.25) is 0 Å². The Morgan fingerprint density at radius 1 is 1.00 bits per heavy atom. The number of hydrogen-bond donors (Lipinski definition) is 2. The van der Waals surface area contributed by atoms with Gasteiger partial charge in [0.25, 0.3) is 0 Å². The molecule has 1 amide bonds. The van der Waals surface area contributed by atoms with Gasteiger partial charge in [-0.3, -0.25) is 0 Å². The Morgan fingerprint density at radius 2 is 1.62 bits per heavy atom. The third-order valence-corrected chi connectivity index (χ3v) is 3.69. The molecule has 2 N–H and O–H groups in total. The molecule has 1 unspecified atom stereocenters. The summed E-state index contributed by atoms with van der Waals surface area (Å²) in [4.78, 5) is 23.6. The number of hydrogen-bond acceptors (Lipinski definition) is 5. The number of rotatable bonds is 8. The Morgan fingerprint density at radius 3 is 2.21 bits per heavy atom. The van der Waals surface area contributed by atoms with E-state index in [1.807, 2.05) is 30.3 Å². The minimum absolute atomic E-state index is 0.0621. The van der Waals surface area contributed by atoms with E-state index in [0.29, 0.717) is 0 Å². The predicted octanol–water partition coefficient (Wildman–Crippen LogP) is 4.26. The Kier molecular flexibility index (Phi) is 7.47. The summed E-state index contributed by atoms with van der Waals surface area (Å²) in [6, 6.07) is 13.9. The van der Waals surface area contributed by atoms with Crippen LogP contribution in [-0.2, 0) is 11.3 Å². The molecule has 2 aromatic rings. The molecule has 2 aromatic carbocycles. The van der Waals surface area contributed by atoms with Crippen molar-refractivity contribution in [3.8, 4) is 11.5 Å². The molecule has 0 heterocycles. The Hall–Kier alpha value is -3.22. The Labute approximate surface area is 170 Å². The molecule has 0 aliphatic rings. The van der Waals surface area contributed by atoms with Gasteiger partial charge >= 0.3 is 12.1 Å². The van der Waals surface area contributed by atoms with E-state index in [4.69, 9.17) is 14.2 Å². The molecule has 0 saturated carbocycles. The van der Waals surface area contributed by atoms with Gasteiger partial charge in [0, 0.05) is 0 Å². The van der Waals surface area contributed by atoms with E-state index in [-0.39, 0.29) is 36.3 Å². The Balaban J connectivity index is 2.02. The van der Waals surface area contributed by atoms with Crippen molar-refractivity contribution < 1.29 is 28.9 Å². The van der Waals surface area contributed by atoms with Crippen molar-refractivity contribution in [3.05, 3.63) is 59.7 Å². The van der Waals surface area contributed by atoms with Gasteiger partial charge < -0.3 is 24.6 Å². The van der Waals surface area contributed by atoms with Crippen molar-refractivity contribution in [1.82, 2.24) is 5.32 Å². The highest BCUT2D eigenvalue weighted by molar-refractivity contribution is 5.94. The molecule has 29 heavy (non-hydrogen) atoms. The van der Waals surface area contributed by atoms with Crippen molar-refractivity contribution in [2.24, 2.45) is 0 Å². The van der Waals surface area contributed by atoms with Crippen LogP contribution in [0.15, 0.2) is 48.5 Å². The number of nitrogens with one attached hydrogen (secondary N) is 1. The van der Waals surface area contributed by atoms with Crippen molar-refractivity contribution in [3.63, 3.8) is 0 Å². The van der Waals surface area contributed by atoms with Crippen LogP contribution < -0.4 is 14.8 Å². The van der Waals surface area contributed by atoms with E-state index >= 15 is 0 Å². The third-order valence-electron chi connectivity index (χ3n) is 3.69. The van der Waals surface area contributed by atoms with Gasteiger partial charge in [-0.05, 0) is 45.4 Å². The van der Waals surface area contributed by atoms with Gasteiger partial charge in [-0.25, -0.2) is 9.59 Å². The number of carboxylic acid groups (broad SMARTS) is 1. The summed E-state index contributed by atoms with van der Waals surface area (Å²) in [6.45, 7) is 7.36. The van der Waals surface area contributed by atoms with Crippen LogP contribution in [0.1, 0.15) is 43.6 Å². The minimum Gasteiger partial charge on any atom is -0.490 e. The summed E-state index contributed by atoms with van der Waals surface area (Å²) in [5, 5.41) is 12.3. The van der Waals surface area contributed by atoms with E-state index in [0.717, 1.165) is 5.56 Å². The summed E-state index contributed by atoms with van der Waals surface area (Å²) in [5.41, 5.74) is 0.254. The summed E-state index contributed by atoms with van der Waals surface area (Å²) < 4.78 is 16.5. The summed E-state index contributed by atoms with van der Waals surface area (Å²) >= 11 is 0. The predicted molar refractivity (Wildman–Crippen MR) is 109 cm³/mol. The highest BCUT2D eigenvalue weighted by Gasteiger charge is 2.21. The molecule has 7 nitrogen and oxygen atoms in total. The van der Waals surface area contributed by atoms with E-state index in [9.17, 15) is 14.7 Å². The number of aromatic carboxylic acids is 1. The molecule has 0 fully saturated rings. The molecular weight excluding hydrogens is 374 g/mol. The van der Waals surface area contributed by atoms with Crippen molar-refractivity contribution >= 4 is 12.1 Å². The van der Waals surface area contributed by atoms with Crippen LogP contribution in [0.2, 0.25) is 0 Å². The highest BCUT2D eigenvalue weighted by Crippen LogP contribution is 2.29. The molecular formula is C22H27NO6. The normalized spacial score (nSPS) is 12.0. The summed E-state index contributed by atoms with van der Waals surface area (Å²) in [7, 11) is 0. The highest BCUT2D eigenvalue weighted by atomic mass is 16.6. The van der Waals surface area contributed by atoms with Crippen molar-refractivity contribution in [2.75, 3.05) is 6.61 Å². The smallest absolute Gasteiger partial charge is 0.407 e. The number of carboxylic acids is 1. The molecule has 0 saturated heterocycles. The molecule has 0 aliphatic heterocycles. The molecule has 1 atom stereocenters. The Bertz CT molecular complexity index is 829. The minimum atomic E-state index is -1.16. The van der Waals surface area contributed by atoms with Gasteiger partial charge in [0.05, 0.1) is 6.04 Å². The summed E-state index contributed by atoms with van der Waals surface area (Å²) in [6.07, 6.45) is -0.563. The second-order valence-electron chi connectivity index (χ2n) is 7.57. The number of carbonyl (C=O) groups is 2. The average molecular weight is 401 g/mol. The fourth-order valence-corrected chi connectivity index (χ4v) is 2.46. The lowest BCUT2D eigenvalue weighted by molar-refractivity contribution is 0.0491. The van der Waals surface area contributed by atoms with Gasteiger partial charge in [-0.1, -0.05) is 36.4 Å². The molecule has 0 radical (unpaired) electrons. The van der Waals surface area contributed by atoms with Crippen LogP contribution in [0.25, 0.3) is 0 Å². The van der Waals surface area contributed by atoms with Gasteiger partial charge in [0.1, 0.15) is 35.9 Å². The molecule has 0 spiro atoms. The molecule has 156 valence electrons. The SMILES string of the molecule is CC(COc1cccc(OCc2ccccc2)c1C(=O)O)NC(=O)OC(C)(C)C. The average Bonchev–Trinajstić information content (AvgIpc) is 2.63. The van der Waals surface area contributed by atoms with E-state index in [1.54, 1.807) is 45.9 Å². The first kappa shape index (κ1) is 22.1. The molecule has 7 heteroatoms. The standard InChI is InChI=1S/C22H27NO6/c1-15(23-21(26)29-22(2,3)4)13-27-17-11-8-12-18(19(17)20(24)25)28-14-16-9-6-5-7-10-16/h5-12,15H,13-14H2,1-4H3,(H,23,26)(H,24,25). The van der Waals surface area contributed by atoms with Gasteiger partial charge in [-0.2, -0.15) is 0 Å². The van der Waals surface area contributed by atoms with Crippen LogP contribution in [0.4, 0.5) is 4.79 Å². The van der Waals surface area contributed by atoms with Crippen LogP contribution in [0.5, 0.6) is 11.5 Å². The zero-order chi connectivity index (χ0) is 21.4. The maximum Gasteiger partial charge on any atom is 0.407 e. The maximum absolute atomic E-state index is 11.8. The van der Waals surface area contributed by atoms with Crippen molar-refractivity contribution in [2.45, 2.75) is 45.9 Å². The quantitative estimate of drug-likeness (QED) is 0.687. The van der Waals surface area contributed by atoms with E-state index in [2.05, 4.69) is 5.32 Å². The third kappa shape index (κ3) is 7.37. The first-order valence-corrected chi connectivity index (χ1v) is 9.31. The molecule has 2 rings (SSSR count). The second-order valence-corrected chi connectivity index (χ2v) is 7.57. The first-order valence-electron chi connectivity index (χ1n) is 9.31. The molecule has 0 aromatic heterocycles. The topological polar surface area (TPSA) is 94.1 Å². The number of alkyl carbamates (subject to hydrolysis) is 1. The largest absolute Gasteiger partial charge is 0.490 e. The number of ether oxygens (including phenoxy) is 3. The van der Waals surface area contributed by atoms with Crippen molar-refractivity contribution in [1.29, 1.82) is 0 Å². The number of amides is 1. The maximum atomic E-state index is 11.8. The zero-order valence-electron chi connectivity index (χ0n) is 17.1. The van der Waals surface area contributed by atoms with Crippen LogP contribution >= 0.6 is 0 Å². The van der Waals surface area contributed by atoms with Gasteiger partial charge in [-0.15, -0.1) is 0 Å². The first-order chi connectivity index (χ1) is 13.7. The van der Waals surface area contributed by atoms with Crippen LogP contribution in [-0.4, -0.2) is 35.4 Å². The summed E-state index contributed by atoms with van der Waals surface area (Å²) in [5.74, 6) is -0.774.